The minimum atomic E-state index is 0.497. The summed E-state index contributed by atoms with van der Waals surface area (Å²) in [6.07, 6.45) is 4.81. The van der Waals surface area contributed by atoms with Crippen molar-refractivity contribution in [3.8, 4) is 0 Å². The molecule has 1 saturated carbocycles. The van der Waals surface area contributed by atoms with Gasteiger partial charge in [0, 0.05) is 12.0 Å². The first-order valence-corrected chi connectivity index (χ1v) is 7.39. The number of benzene rings is 1. The molecule has 1 atom stereocenters. The van der Waals surface area contributed by atoms with Crippen LogP contribution in [0.15, 0.2) is 18.2 Å². The molecule has 3 rings (SSSR count). The number of aryl methyl sites for hydroxylation is 1. The maximum atomic E-state index is 5.63. The standard InChI is InChI=1S/C16H23N3/c1-11-5-8-15-14(10-11)18-16(12(2)4-3-9-17)19(15)13-6-7-13/h5,8,10,12-13H,3-4,6-7,9,17H2,1-2H3. The van der Waals surface area contributed by atoms with E-state index in [1.165, 1.54) is 29.7 Å². The van der Waals surface area contributed by atoms with E-state index in [1.807, 2.05) is 0 Å². The maximum Gasteiger partial charge on any atom is 0.112 e. The third-order valence-electron chi connectivity index (χ3n) is 4.07. The van der Waals surface area contributed by atoms with Crippen molar-refractivity contribution in [3.63, 3.8) is 0 Å². The van der Waals surface area contributed by atoms with E-state index in [4.69, 9.17) is 10.7 Å². The molecule has 0 saturated heterocycles. The third-order valence-corrected chi connectivity index (χ3v) is 4.07. The highest BCUT2D eigenvalue weighted by molar-refractivity contribution is 5.77. The molecular weight excluding hydrogens is 234 g/mol. The first-order valence-electron chi connectivity index (χ1n) is 7.39. The van der Waals surface area contributed by atoms with Crippen molar-refractivity contribution in [2.24, 2.45) is 5.73 Å². The molecule has 1 unspecified atom stereocenters. The minimum Gasteiger partial charge on any atom is -0.330 e. The molecule has 0 radical (unpaired) electrons. The van der Waals surface area contributed by atoms with Gasteiger partial charge in [-0.3, -0.25) is 0 Å². The van der Waals surface area contributed by atoms with Gasteiger partial charge in [0.25, 0.3) is 0 Å². The minimum absolute atomic E-state index is 0.497. The van der Waals surface area contributed by atoms with Gasteiger partial charge in [-0.1, -0.05) is 13.0 Å². The van der Waals surface area contributed by atoms with Crippen LogP contribution in [0.4, 0.5) is 0 Å². The van der Waals surface area contributed by atoms with E-state index in [-0.39, 0.29) is 0 Å². The van der Waals surface area contributed by atoms with Crippen LogP contribution in [-0.2, 0) is 0 Å². The number of fused-ring (bicyclic) bond motifs is 1. The van der Waals surface area contributed by atoms with E-state index in [1.54, 1.807) is 0 Å². The van der Waals surface area contributed by atoms with E-state index in [0.717, 1.165) is 24.9 Å². The number of hydrogen-bond donors (Lipinski definition) is 1. The van der Waals surface area contributed by atoms with Gasteiger partial charge in [0.15, 0.2) is 0 Å². The zero-order valence-corrected chi connectivity index (χ0v) is 11.9. The highest BCUT2D eigenvalue weighted by Gasteiger charge is 2.29. The van der Waals surface area contributed by atoms with Crippen LogP contribution in [-0.4, -0.2) is 16.1 Å². The number of imidazole rings is 1. The predicted octanol–water partition coefficient (Wildman–Crippen LogP) is 3.52. The average Bonchev–Trinajstić information content (AvgIpc) is 3.16. The van der Waals surface area contributed by atoms with Crippen LogP contribution < -0.4 is 5.73 Å². The Balaban J connectivity index is 2.04. The van der Waals surface area contributed by atoms with Gasteiger partial charge in [-0.25, -0.2) is 4.98 Å². The van der Waals surface area contributed by atoms with Gasteiger partial charge in [0.2, 0.25) is 0 Å². The van der Waals surface area contributed by atoms with Crippen LogP contribution in [0.25, 0.3) is 11.0 Å². The molecular formula is C16H23N3. The topological polar surface area (TPSA) is 43.8 Å². The van der Waals surface area contributed by atoms with Crippen molar-refractivity contribution in [3.05, 3.63) is 29.6 Å². The molecule has 0 aliphatic heterocycles. The van der Waals surface area contributed by atoms with Crippen LogP contribution >= 0.6 is 0 Å². The smallest absolute Gasteiger partial charge is 0.112 e. The normalized spacial score (nSPS) is 17.0. The van der Waals surface area contributed by atoms with Gasteiger partial charge >= 0.3 is 0 Å². The summed E-state index contributed by atoms with van der Waals surface area (Å²) in [4.78, 5) is 4.91. The van der Waals surface area contributed by atoms with Crippen LogP contribution in [0.2, 0.25) is 0 Å². The molecule has 1 heterocycles. The summed E-state index contributed by atoms with van der Waals surface area (Å²) < 4.78 is 2.48. The molecule has 0 spiro atoms. The average molecular weight is 257 g/mol. The molecule has 2 N–H and O–H groups in total. The van der Waals surface area contributed by atoms with Gasteiger partial charge in [-0.15, -0.1) is 0 Å². The Morgan fingerprint density at radius 3 is 2.89 bits per heavy atom. The Morgan fingerprint density at radius 2 is 2.21 bits per heavy atom. The van der Waals surface area contributed by atoms with E-state index in [2.05, 4.69) is 36.6 Å². The number of hydrogen-bond acceptors (Lipinski definition) is 2. The Kier molecular flexibility index (Phi) is 3.31. The summed E-state index contributed by atoms with van der Waals surface area (Å²) in [6, 6.07) is 7.31. The fourth-order valence-electron chi connectivity index (χ4n) is 2.84. The van der Waals surface area contributed by atoms with E-state index in [0.29, 0.717) is 12.0 Å². The summed E-state index contributed by atoms with van der Waals surface area (Å²) in [5.74, 6) is 1.76. The first kappa shape index (κ1) is 12.7. The SMILES string of the molecule is Cc1ccc2c(c1)nc(C(C)CCCN)n2C1CC1. The van der Waals surface area contributed by atoms with Crippen LogP contribution in [0.1, 0.15) is 56.0 Å². The molecule has 19 heavy (non-hydrogen) atoms. The number of nitrogens with zero attached hydrogens (tertiary/aromatic N) is 2. The molecule has 3 nitrogen and oxygen atoms in total. The quantitative estimate of drug-likeness (QED) is 0.890. The molecule has 102 valence electrons. The van der Waals surface area contributed by atoms with E-state index in [9.17, 15) is 0 Å². The summed E-state index contributed by atoms with van der Waals surface area (Å²) >= 11 is 0. The molecule has 3 heteroatoms. The fraction of sp³-hybridized carbons (Fsp3) is 0.562. The first-order chi connectivity index (χ1) is 9.20. The Morgan fingerprint density at radius 1 is 1.42 bits per heavy atom. The van der Waals surface area contributed by atoms with Crippen molar-refractivity contribution in [1.29, 1.82) is 0 Å². The van der Waals surface area contributed by atoms with Crippen LogP contribution in [0.5, 0.6) is 0 Å². The fourth-order valence-corrected chi connectivity index (χ4v) is 2.84. The highest BCUT2D eigenvalue weighted by atomic mass is 15.1. The van der Waals surface area contributed by atoms with Crippen LogP contribution in [0.3, 0.4) is 0 Å². The predicted molar refractivity (Wildman–Crippen MR) is 79.4 cm³/mol. The molecule has 1 aliphatic carbocycles. The zero-order chi connectivity index (χ0) is 13.4. The number of nitrogens with two attached hydrogens (primary N) is 1. The largest absolute Gasteiger partial charge is 0.330 e. The Bertz CT molecular complexity index is 581. The Hall–Kier alpha value is -1.35. The van der Waals surface area contributed by atoms with Gasteiger partial charge in [-0.2, -0.15) is 0 Å². The number of rotatable bonds is 5. The lowest BCUT2D eigenvalue weighted by atomic mass is 10.0. The summed E-state index contributed by atoms with van der Waals surface area (Å²) in [5, 5.41) is 0. The maximum absolute atomic E-state index is 5.63. The van der Waals surface area contributed by atoms with Crippen molar-refractivity contribution in [2.45, 2.75) is 51.5 Å². The molecule has 1 aliphatic rings. The van der Waals surface area contributed by atoms with E-state index >= 15 is 0 Å². The van der Waals surface area contributed by atoms with Crippen molar-refractivity contribution in [1.82, 2.24) is 9.55 Å². The zero-order valence-electron chi connectivity index (χ0n) is 11.9. The molecule has 2 aromatic rings. The van der Waals surface area contributed by atoms with Gasteiger partial charge in [0.1, 0.15) is 5.82 Å². The van der Waals surface area contributed by atoms with Gasteiger partial charge in [-0.05, 0) is 56.8 Å². The van der Waals surface area contributed by atoms with Gasteiger partial charge in [0.05, 0.1) is 11.0 Å². The van der Waals surface area contributed by atoms with Crippen molar-refractivity contribution < 1.29 is 0 Å². The van der Waals surface area contributed by atoms with Crippen molar-refractivity contribution >= 4 is 11.0 Å². The lowest BCUT2D eigenvalue weighted by molar-refractivity contribution is 0.570. The van der Waals surface area contributed by atoms with Crippen molar-refractivity contribution in [2.75, 3.05) is 6.54 Å². The second-order valence-corrected chi connectivity index (χ2v) is 5.90. The second-order valence-electron chi connectivity index (χ2n) is 5.90. The molecule has 1 aromatic heterocycles. The highest BCUT2D eigenvalue weighted by Crippen LogP contribution is 2.40. The molecule has 0 amide bonds. The lowest BCUT2D eigenvalue weighted by Crippen LogP contribution is -2.08. The van der Waals surface area contributed by atoms with Gasteiger partial charge < -0.3 is 10.3 Å². The third kappa shape index (κ3) is 2.39. The summed E-state index contributed by atoms with van der Waals surface area (Å²) in [7, 11) is 0. The number of aromatic nitrogens is 2. The second kappa shape index (κ2) is 4.97. The summed E-state index contributed by atoms with van der Waals surface area (Å²) in [6.45, 7) is 5.18. The van der Waals surface area contributed by atoms with E-state index < -0.39 is 0 Å². The Labute approximate surface area is 114 Å². The lowest BCUT2D eigenvalue weighted by Gasteiger charge is -2.13. The molecule has 0 bridgehead atoms. The molecule has 1 aromatic carbocycles. The monoisotopic (exact) mass is 257 g/mol. The summed E-state index contributed by atoms with van der Waals surface area (Å²) in [5.41, 5.74) is 9.38. The molecule has 1 fully saturated rings. The van der Waals surface area contributed by atoms with Crippen LogP contribution in [0, 0.1) is 6.92 Å².